The van der Waals surface area contributed by atoms with Crippen molar-refractivity contribution in [1.82, 2.24) is 4.98 Å². The van der Waals surface area contributed by atoms with Gasteiger partial charge in [-0.3, -0.25) is 14.4 Å². The number of anilines is 2. The van der Waals surface area contributed by atoms with Crippen molar-refractivity contribution in [2.75, 3.05) is 23.8 Å². The number of methoxy groups -OCH3 is 1. The summed E-state index contributed by atoms with van der Waals surface area (Å²) >= 11 is 1.15. The second kappa shape index (κ2) is 8.56. The minimum Gasteiger partial charge on any atom is -0.495 e. The van der Waals surface area contributed by atoms with Crippen LogP contribution in [0.15, 0.2) is 71.6 Å². The van der Waals surface area contributed by atoms with Gasteiger partial charge in [0.2, 0.25) is 0 Å². The van der Waals surface area contributed by atoms with Crippen molar-refractivity contribution in [1.29, 1.82) is 0 Å². The molecule has 3 aromatic carbocycles. The van der Waals surface area contributed by atoms with E-state index in [9.17, 15) is 17.6 Å². The monoisotopic (exact) mass is 471 g/mol. The van der Waals surface area contributed by atoms with Gasteiger partial charge in [-0.05, 0) is 54.6 Å². The lowest BCUT2D eigenvalue weighted by molar-refractivity contribution is 0.102. The minimum atomic E-state index is -3.87. The maximum absolute atomic E-state index is 13.3. The molecule has 0 bridgehead atoms. The minimum absolute atomic E-state index is 0.0259. The Morgan fingerprint density at radius 1 is 1.09 bits per heavy atom. The molecule has 4 rings (SSSR count). The summed E-state index contributed by atoms with van der Waals surface area (Å²) in [5, 5.41) is 2.98. The molecule has 32 heavy (non-hydrogen) atoms. The predicted octanol–water partition coefficient (Wildman–Crippen LogP) is 4.52. The summed E-state index contributed by atoms with van der Waals surface area (Å²) < 4.78 is 46.4. The van der Waals surface area contributed by atoms with E-state index in [0.29, 0.717) is 26.8 Å². The van der Waals surface area contributed by atoms with Gasteiger partial charge in [-0.2, -0.15) is 0 Å². The first-order chi connectivity index (χ1) is 15.3. The second-order valence-electron chi connectivity index (χ2n) is 6.75. The van der Waals surface area contributed by atoms with Gasteiger partial charge >= 0.3 is 0 Å². The fourth-order valence-electron chi connectivity index (χ4n) is 3.08. The molecule has 0 atom stereocenters. The summed E-state index contributed by atoms with van der Waals surface area (Å²) in [5.74, 6) is -0.411. The summed E-state index contributed by atoms with van der Waals surface area (Å²) in [7, 11) is -0.970. The molecule has 1 heterocycles. The molecule has 0 aliphatic heterocycles. The first-order valence-corrected chi connectivity index (χ1v) is 11.6. The number of carbonyl (C=O) groups is 1. The highest BCUT2D eigenvalue weighted by Crippen LogP contribution is 2.31. The van der Waals surface area contributed by atoms with Gasteiger partial charge in [-0.25, -0.2) is 17.8 Å². The number of nitrogens with zero attached hydrogens (tertiary/aromatic N) is 2. The normalized spacial score (nSPS) is 11.3. The second-order valence-corrected chi connectivity index (χ2v) is 9.75. The number of para-hydroxylation sites is 2. The highest BCUT2D eigenvalue weighted by molar-refractivity contribution is 7.92. The quantitative estimate of drug-likeness (QED) is 0.447. The van der Waals surface area contributed by atoms with Crippen LogP contribution in [0.5, 0.6) is 5.75 Å². The number of rotatable bonds is 6. The molecule has 0 aliphatic carbocycles. The molecular formula is C22H18FN3O4S2. The molecular weight excluding hydrogens is 453 g/mol. The number of thiazole rings is 1. The standard InChI is InChI=1S/C22H18FN3O4S2/c1-26(18-5-3-4-6-19(18)30-2)32(28,29)16-10-7-14(8-11-16)21(27)25-22-24-17-12-9-15(23)13-20(17)31-22/h3-13H,1-2H3,(H,24,25,27). The van der Waals surface area contributed by atoms with Crippen LogP contribution in [0.4, 0.5) is 15.2 Å². The van der Waals surface area contributed by atoms with Gasteiger partial charge in [0.25, 0.3) is 15.9 Å². The summed E-state index contributed by atoms with van der Waals surface area (Å²) in [6.07, 6.45) is 0. The lowest BCUT2D eigenvalue weighted by Gasteiger charge is -2.21. The Kier molecular flexibility index (Phi) is 5.81. The molecule has 7 nitrogen and oxygen atoms in total. The van der Waals surface area contributed by atoms with Crippen molar-refractivity contribution in [2.24, 2.45) is 0 Å². The van der Waals surface area contributed by atoms with Gasteiger partial charge in [0, 0.05) is 12.6 Å². The van der Waals surface area contributed by atoms with E-state index in [1.165, 1.54) is 56.6 Å². The number of sulfonamides is 1. The number of carbonyl (C=O) groups excluding carboxylic acids is 1. The molecule has 1 amide bonds. The maximum Gasteiger partial charge on any atom is 0.264 e. The predicted molar refractivity (Wildman–Crippen MR) is 123 cm³/mol. The molecule has 1 N–H and O–H groups in total. The van der Waals surface area contributed by atoms with Crippen molar-refractivity contribution in [3.8, 4) is 5.75 Å². The number of hydrogen-bond donors (Lipinski definition) is 1. The third kappa shape index (κ3) is 4.14. The summed E-state index contributed by atoms with van der Waals surface area (Å²) in [5.41, 5.74) is 1.23. The smallest absolute Gasteiger partial charge is 0.264 e. The lowest BCUT2D eigenvalue weighted by atomic mass is 10.2. The van der Waals surface area contributed by atoms with Gasteiger partial charge in [0.05, 0.1) is 27.9 Å². The van der Waals surface area contributed by atoms with Crippen molar-refractivity contribution < 1.29 is 22.3 Å². The van der Waals surface area contributed by atoms with Crippen LogP contribution in [-0.2, 0) is 10.0 Å². The first-order valence-electron chi connectivity index (χ1n) is 9.39. The zero-order chi connectivity index (χ0) is 22.9. The molecule has 164 valence electrons. The van der Waals surface area contributed by atoms with Crippen LogP contribution >= 0.6 is 11.3 Å². The van der Waals surface area contributed by atoms with Gasteiger partial charge in [0.1, 0.15) is 11.6 Å². The Morgan fingerprint density at radius 3 is 2.53 bits per heavy atom. The van der Waals surface area contributed by atoms with Crippen LogP contribution in [0.1, 0.15) is 10.4 Å². The van der Waals surface area contributed by atoms with E-state index in [0.717, 1.165) is 15.6 Å². The number of amides is 1. The average molecular weight is 472 g/mol. The molecule has 0 radical (unpaired) electrons. The van der Waals surface area contributed by atoms with E-state index in [1.807, 2.05) is 0 Å². The third-order valence-electron chi connectivity index (χ3n) is 4.77. The number of aromatic nitrogens is 1. The van der Waals surface area contributed by atoms with Gasteiger partial charge < -0.3 is 4.74 Å². The van der Waals surface area contributed by atoms with E-state index in [4.69, 9.17) is 4.74 Å². The highest BCUT2D eigenvalue weighted by Gasteiger charge is 2.24. The number of nitrogens with one attached hydrogen (secondary N) is 1. The van der Waals surface area contributed by atoms with E-state index < -0.39 is 15.9 Å². The largest absolute Gasteiger partial charge is 0.495 e. The van der Waals surface area contributed by atoms with Crippen molar-refractivity contribution in [2.45, 2.75) is 4.90 Å². The van der Waals surface area contributed by atoms with Crippen LogP contribution < -0.4 is 14.4 Å². The third-order valence-corrected chi connectivity index (χ3v) is 7.49. The Morgan fingerprint density at radius 2 is 1.81 bits per heavy atom. The molecule has 0 saturated heterocycles. The summed E-state index contributed by atoms with van der Waals surface area (Å²) in [6.45, 7) is 0. The fourth-order valence-corrected chi connectivity index (χ4v) is 5.17. The maximum atomic E-state index is 13.3. The van der Waals surface area contributed by atoms with Crippen LogP contribution in [-0.4, -0.2) is 33.5 Å². The van der Waals surface area contributed by atoms with Gasteiger partial charge in [-0.15, -0.1) is 0 Å². The number of hydrogen-bond acceptors (Lipinski definition) is 6. The van der Waals surface area contributed by atoms with Crippen LogP contribution in [0.25, 0.3) is 10.2 Å². The Hall–Kier alpha value is -3.50. The lowest BCUT2D eigenvalue weighted by Crippen LogP contribution is -2.27. The molecule has 0 spiro atoms. The average Bonchev–Trinajstić information content (AvgIpc) is 3.19. The van der Waals surface area contributed by atoms with Crippen molar-refractivity contribution in [3.05, 3.63) is 78.1 Å². The Labute approximate surface area is 188 Å². The fraction of sp³-hybridized carbons (Fsp3) is 0.0909. The van der Waals surface area contributed by atoms with Crippen LogP contribution in [0.2, 0.25) is 0 Å². The van der Waals surface area contributed by atoms with Gasteiger partial charge in [0.15, 0.2) is 5.13 Å². The van der Waals surface area contributed by atoms with E-state index >= 15 is 0 Å². The number of ether oxygens (including phenoxy) is 1. The first kappa shape index (κ1) is 21.7. The Bertz CT molecular complexity index is 1400. The molecule has 1 aromatic heterocycles. The van der Waals surface area contributed by atoms with Crippen LogP contribution in [0.3, 0.4) is 0 Å². The SMILES string of the molecule is COc1ccccc1N(C)S(=O)(=O)c1ccc(C(=O)Nc2nc3ccc(F)cc3s2)cc1. The van der Waals surface area contributed by atoms with Crippen molar-refractivity contribution >= 4 is 48.3 Å². The molecule has 4 aromatic rings. The van der Waals surface area contributed by atoms with Crippen LogP contribution in [0, 0.1) is 5.82 Å². The van der Waals surface area contributed by atoms with Gasteiger partial charge in [-0.1, -0.05) is 23.5 Å². The topological polar surface area (TPSA) is 88.6 Å². The van der Waals surface area contributed by atoms with E-state index in [2.05, 4.69) is 10.3 Å². The summed E-state index contributed by atoms with van der Waals surface area (Å²) in [4.78, 5) is 16.8. The zero-order valence-electron chi connectivity index (χ0n) is 17.1. The van der Waals surface area contributed by atoms with E-state index in [-0.39, 0.29) is 16.3 Å². The molecule has 0 unspecified atom stereocenters. The number of fused-ring (bicyclic) bond motifs is 1. The zero-order valence-corrected chi connectivity index (χ0v) is 18.7. The molecule has 0 fully saturated rings. The molecule has 0 aliphatic rings. The summed E-state index contributed by atoms with van der Waals surface area (Å²) in [6, 6.07) is 16.5. The molecule has 10 heteroatoms. The van der Waals surface area contributed by atoms with E-state index in [1.54, 1.807) is 24.3 Å². The highest BCUT2D eigenvalue weighted by atomic mass is 32.2. The Balaban J connectivity index is 1.54. The number of halogens is 1. The molecule has 0 saturated carbocycles. The number of benzene rings is 3. The van der Waals surface area contributed by atoms with Crippen molar-refractivity contribution in [3.63, 3.8) is 0 Å².